The van der Waals surface area contributed by atoms with Crippen LogP contribution in [-0.2, 0) is 4.79 Å². The van der Waals surface area contributed by atoms with Crippen molar-refractivity contribution in [1.29, 1.82) is 0 Å². The fraction of sp³-hybridized carbons (Fsp3) is 0.611. The van der Waals surface area contributed by atoms with Gasteiger partial charge in [-0.05, 0) is 36.5 Å². The van der Waals surface area contributed by atoms with Crippen LogP contribution in [0.4, 0.5) is 0 Å². The molecule has 1 aliphatic rings. The Balaban J connectivity index is 2.04. The summed E-state index contributed by atoms with van der Waals surface area (Å²) in [6, 6.07) is 7.63. The maximum absolute atomic E-state index is 12.6. The van der Waals surface area contributed by atoms with Crippen molar-refractivity contribution in [3.05, 3.63) is 29.8 Å². The van der Waals surface area contributed by atoms with E-state index in [1.165, 1.54) is 0 Å². The average molecular weight is 305 g/mol. The third-order valence-corrected chi connectivity index (χ3v) is 4.55. The van der Waals surface area contributed by atoms with Gasteiger partial charge in [0.25, 0.3) is 0 Å². The second-order valence-electron chi connectivity index (χ2n) is 6.64. The minimum absolute atomic E-state index is 0.0134. The molecule has 1 aliphatic carbocycles. The Morgan fingerprint density at radius 1 is 1.27 bits per heavy atom. The predicted octanol–water partition coefficient (Wildman–Crippen LogP) is 2.86. The van der Waals surface area contributed by atoms with E-state index in [2.05, 4.69) is 5.32 Å². The molecule has 2 rings (SSSR count). The normalized spacial score (nSPS) is 18.2. The molecule has 22 heavy (non-hydrogen) atoms. The molecule has 4 nitrogen and oxygen atoms in total. The van der Waals surface area contributed by atoms with Crippen molar-refractivity contribution in [2.45, 2.75) is 51.0 Å². The molecule has 1 saturated carbocycles. The highest BCUT2D eigenvalue weighted by Gasteiger charge is 2.33. The molecule has 1 atom stereocenters. The summed E-state index contributed by atoms with van der Waals surface area (Å²) >= 11 is 0. The van der Waals surface area contributed by atoms with Crippen molar-refractivity contribution in [2.24, 2.45) is 5.92 Å². The van der Waals surface area contributed by atoms with E-state index >= 15 is 0 Å². The minimum Gasteiger partial charge on any atom is -0.497 e. The molecule has 0 aromatic heterocycles. The summed E-state index contributed by atoms with van der Waals surface area (Å²) in [7, 11) is 1.63. The molecule has 1 aromatic rings. The Kier molecular flexibility index (Phi) is 5.46. The number of hydrogen-bond acceptors (Lipinski definition) is 3. The van der Waals surface area contributed by atoms with E-state index in [1.54, 1.807) is 7.11 Å². The zero-order valence-corrected chi connectivity index (χ0v) is 13.8. The number of hydrogen-bond donors (Lipinski definition) is 2. The van der Waals surface area contributed by atoms with Gasteiger partial charge in [-0.2, -0.15) is 0 Å². The first-order valence-corrected chi connectivity index (χ1v) is 8.09. The Hall–Kier alpha value is -1.55. The van der Waals surface area contributed by atoms with Crippen LogP contribution in [0.1, 0.15) is 51.0 Å². The lowest BCUT2D eigenvalue weighted by Crippen LogP contribution is -2.43. The van der Waals surface area contributed by atoms with E-state index in [0.29, 0.717) is 6.54 Å². The lowest BCUT2D eigenvalue weighted by atomic mass is 9.87. The fourth-order valence-electron chi connectivity index (χ4n) is 3.22. The molecule has 0 heterocycles. The molecule has 1 aromatic carbocycles. The lowest BCUT2D eigenvalue weighted by molar-refractivity contribution is -0.124. The highest BCUT2D eigenvalue weighted by Crippen LogP contribution is 2.30. The quantitative estimate of drug-likeness (QED) is 0.849. The number of aliphatic hydroxyl groups is 1. The van der Waals surface area contributed by atoms with Crippen LogP contribution < -0.4 is 10.1 Å². The molecule has 0 radical (unpaired) electrons. The van der Waals surface area contributed by atoms with Crippen molar-refractivity contribution in [2.75, 3.05) is 13.7 Å². The van der Waals surface area contributed by atoms with Crippen LogP contribution in [0.5, 0.6) is 5.75 Å². The van der Waals surface area contributed by atoms with E-state index in [9.17, 15) is 9.90 Å². The molecule has 2 N–H and O–H groups in total. The minimum atomic E-state index is -0.711. The number of methoxy groups -OCH3 is 1. The van der Waals surface area contributed by atoms with Gasteiger partial charge in [0.05, 0.1) is 18.6 Å². The van der Waals surface area contributed by atoms with Gasteiger partial charge in [0.15, 0.2) is 0 Å². The number of carbonyl (C=O) groups excluding carboxylic acids is 1. The monoisotopic (exact) mass is 305 g/mol. The van der Waals surface area contributed by atoms with Gasteiger partial charge in [0, 0.05) is 6.54 Å². The molecule has 4 heteroatoms. The van der Waals surface area contributed by atoms with Gasteiger partial charge in [-0.1, -0.05) is 38.8 Å². The smallest absolute Gasteiger partial charge is 0.227 e. The number of benzene rings is 1. The van der Waals surface area contributed by atoms with E-state index in [0.717, 1.165) is 37.0 Å². The third-order valence-electron chi connectivity index (χ3n) is 4.55. The number of rotatable bonds is 6. The van der Waals surface area contributed by atoms with Gasteiger partial charge in [-0.15, -0.1) is 0 Å². The van der Waals surface area contributed by atoms with Crippen LogP contribution in [0.3, 0.4) is 0 Å². The second-order valence-corrected chi connectivity index (χ2v) is 6.64. The molecular formula is C18H27NO3. The first kappa shape index (κ1) is 16.8. The predicted molar refractivity (Wildman–Crippen MR) is 87.0 cm³/mol. The standard InChI is InChI=1S/C18H27NO3/c1-13(2)16(14-6-8-15(22-3)9-7-14)17(20)19-12-18(21)10-4-5-11-18/h6-9,13,16,21H,4-5,10-12H2,1-3H3,(H,19,20). The maximum atomic E-state index is 12.6. The van der Waals surface area contributed by atoms with Crippen molar-refractivity contribution < 1.29 is 14.6 Å². The molecule has 1 unspecified atom stereocenters. The molecule has 0 aliphatic heterocycles. The van der Waals surface area contributed by atoms with Crippen LogP contribution >= 0.6 is 0 Å². The van der Waals surface area contributed by atoms with Crippen LogP contribution in [0.2, 0.25) is 0 Å². The first-order chi connectivity index (χ1) is 10.4. The van der Waals surface area contributed by atoms with Gasteiger partial charge in [0.1, 0.15) is 5.75 Å². The highest BCUT2D eigenvalue weighted by molar-refractivity contribution is 5.84. The van der Waals surface area contributed by atoms with Gasteiger partial charge in [-0.3, -0.25) is 4.79 Å². The topological polar surface area (TPSA) is 58.6 Å². The number of nitrogens with one attached hydrogen (secondary N) is 1. The Bertz CT molecular complexity index is 490. The van der Waals surface area contributed by atoms with Crippen LogP contribution in [0.15, 0.2) is 24.3 Å². The molecule has 122 valence electrons. The molecule has 1 fully saturated rings. The number of ether oxygens (including phenoxy) is 1. The number of carbonyl (C=O) groups is 1. The third kappa shape index (κ3) is 4.01. The zero-order chi connectivity index (χ0) is 16.2. The van der Waals surface area contributed by atoms with E-state index in [1.807, 2.05) is 38.1 Å². The lowest BCUT2D eigenvalue weighted by Gasteiger charge is -2.26. The Morgan fingerprint density at radius 3 is 2.36 bits per heavy atom. The molecule has 0 spiro atoms. The number of amides is 1. The first-order valence-electron chi connectivity index (χ1n) is 8.09. The Morgan fingerprint density at radius 2 is 1.86 bits per heavy atom. The van der Waals surface area contributed by atoms with Crippen LogP contribution in [0, 0.1) is 5.92 Å². The highest BCUT2D eigenvalue weighted by atomic mass is 16.5. The summed E-state index contributed by atoms with van der Waals surface area (Å²) in [5.41, 5.74) is 0.267. The van der Waals surface area contributed by atoms with Crippen LogP contribution in [0.25, 0.3) is 0 Å². The maximum Gasteiger partial charge on any atom is 0.227 e. The van der Waals surface area contributed by atoms with E-state index in [-0.39, 0.29) is 17.7 Å². The Labute approximate surface area is 132 Å². The van der Waals surface area contributed by atoms with Gasteiger partial charge in [-0.25, -0.2) is 0 Å². The summed E-state index contributed by atoms with van der Waals surface area (Å²) in [4.78, 5) is 12.6. The summed E-state index contributed by atoms with van der Waals surface area (Å²) in [5, 5.41) is 13.3. The fourth-order valence-corrected chi connectivity index (χ4v) is 3.22. The molecule has 1 amide bonds. The van der Waals surface area contributed by atoms with E-state index < -0.39 is 5.60 Å². The SMILES string of the molecule is COc1ccc(C(C(=O)NCC2(O)CCCC2)C(C)C)cc1. The van der Waals surface area contributed by atoms with Crippen molar-refractivity contribution in [3.8, 4) is 5.75 Å². The molecule has 0 saturated heterocycles. The molecule has 0 bridgehead atoms. The zero-order valence-electron chi connectivity index (χ0n) is 13.8. The van der Waals surface area contributed by atoms with Crippen molar-refractivity contribution >= 4 is 5.91 Å². The van der Waals surface area contributed by atoms with Crippen molar-refractivity contribution in [1.82, 2.24) is 5.32 Å². The molecular weight excluding hydrogens is 278 g/mol. The summed E-state index contributed by atoms with van der Waals surface area (Å²) < 4.78 is 5.16. The second kappa shape index (κ2) is 7.14. The summed E-state index contributed by atoms with van der Waals surface area (Å²) in [6.45, 7) is 4.43. The van der Waals surface area contributed by atoms with Gasteiger partial charge < -0.3 is 15.2 Å². The van der Waals surface area contributed by atoms with Gasteiger partial charge in [0.2, 0.25) is 5.91 Å². The van der Waals surface area contributed by atoms with Gasteiger partial charge >= 0.3 is 0 Å². The largest absolute Gasteiger partial charge is 0.497 e. The van der Waals surface area contributed by atoms with E-state index in [4.69, 9.17) is 4.74 Å². The summed E-state index contributed by atoms with van der Waals surface area (Å²) in [5.74, 6) is 0.745. The van der Waals surface area contributed by atoms with Crippen molar-refractivity contribution in [3.63, 3.8) is 0 Å². The van der Waals surface area contributed by atoms with Crippen LogP contribution in [-0.4, -0.2) is 30.3 Å². The average Bonchev–Trinajstić information content (AvgIpc) is 2.93. The summed E-state index contributed by atoms with van der Waals surface area (Å²) in [6.07, 6.45) is 3.64.